The number of nitrogens with zero attached hydrogens (tertiary/aromatic N) is 3. The highest BCUT2D eigenvalue weighted by Crippen LogP contribution is 2.52. The Kier molecular flexibility index (Phi) is 5.72. The van der Waals surface area contributed by atoms with Crippen LogP contribution in [0.15, 0.2) is 29.4 Å². The van der Waals surface area contributed by atoms with E-state index in [-0.39, 0.29) is 34.3 Å². The highest BCUT2D eigenvalue weighted by molar-refractivity contribution is 6.31. The van der Waals surface area contributed by atoms with Crippen molar-refractivity contribution in [1.29, 1.82) is 0 Å². The molecule has 0 N–H and O–H groups in total. The van der Waals surface area contributed by atoms with E-state index in [0.29, 0.717) is 0 Å². The van der Waals surface area contributed by atoms with Crippen molar-refractivity contribution in [1.82, 2.24) is 5.01 Å². The van der Waals surface area contributed by atoms with Gasteiger partial charge in [0, 0.05) is 16.7 Å². The molecule has 2 bridgehead atoms. The molecule has 2 amide bonds. The molecule has 2 fully saturated rings. The molecule has 0 radical (unpaired) electrons. The molecule has 1 aromatic rings. The van der Waals surface area contributed by atoms with Gasteiger partial charge in [0.15, 0.2) is 6.61 Å². The fourth-order valence-corrected chi connectivity index (χ4v) is 4.76. The molecule has 11 heteroatoms. The van der Waals surface area contributed by atoms with E-state index in [4.69, 9.17) is 21.1 Å². The molecule has 1 saturated heterocycles. The number of esters is 1. The van der Waals surface area contributed by atoms with Gasteiger partial charge in [-0.2, -0.15) is 10.1 Å². The van der Waals surface area contributed by atoms with Gasteiger partial charge < -0.3 is 9.47 Å². The summed E-state index contributed by atoms with van der Waals surface area (Å²) in [7, 11) is 0. The van der Waals surface area contributed by atoms with Crippen LogP contribution in [0, 0.1) is 33.8 Å². The van der Waals surface area contributed by atoms with Crippen LogP contribution in [-0.2, 0) is 19.1 Å². The maximum absolute atomic E-state index is 12.8. The van der Waals surface area contributed by atoms with Gasteiger partial charge in [0.05, 0.1) is 29.1 Å². The zero-order valence-electron chi connectivity index (χ0n) is 17.3. The molecule has 1 saturated carbocycles. The summed E-state index contributed by atoms with van der Waals surface area (Å²) < 4.78 is 10.3. The third kappa shape index (κ3) is 3.86. The second-order valence-electron chi connectivity index (χ2n) is 8.16. The van der Waals surface area contributed by atoms with Crippen LogP contribution in [0.4, 0.5) is 5.69 Å². The molecule has 4 rings (SSSR count). The zero-order valence-corrected chi connectivity index (χ0v) is 18.0. The van der Waals surface area contributed by atoms with Crippen molar-refractivity contribution in [3.05, 3.63) is 45.0 Å². The lowest BCUT2D eigenvalue weighted by Crippen LogP contribution is -2.28. The number of fused-ring (bicyclic) bond motifs is 5. The van der Waals surface area contributed by atoms with Crippen LogP contribution in [0.3, 0.4) is 0 Å². The number of carbonyl (C=O) groups is 3. The summed E-state index contributed by atoms with van der Waals surface area (Å²) in [6, 6.07) is 2.40. The molecule has 32 heavy (non-hydrogen) atoms. The van der Waals surface area contributed by atoms with Crippen molar-refractivity contribution in [2.75, 3.05) is 6.61 Å². The molecule has 4 atom stereocenters. The van der Waals surface area contributed by atoms with E-state index >= 15 is 0 Å². The third-order valence-corrected chi connectivity index (χ3v) is 5.94. The molecule has 0 aromatic heterocycles. The first kappa shape index (κ1) is 21.9. The van der Waals surface area contributed by atoms with Gasteiger partial charge in [0.1, 0.15) is 0 Å². The van der Waals surface area contributed by atoms with E-state index in [1.165, 1.54) is 6.07 Å². The van der Waals surface area contributed by atoms with Gasteiger partial charge in [-0.1, -0.05) is 23.8 Å². The van der Waals surface area contributed by atoms with Gasteiger partial charge in [-0.25, -0.2) is 4.79 Å². The number of nitro groups is 1. The Hall–Kier alpha value is -3.27. The Morgan fingerprint density at radius 2 is 1.91 bits per heavy atom. The molecule has 1 aromatic carbocycles. The van der Waals surface area contributed by atoms with E-state index in [9.17, 15) is 24.5 Å². The van der Waals surface area contributed by atoms with Crippen molar-refractivity contribution < 1.29 is 28.8 Å². The molecular formula is C21H20ClN3O7. The van der Waals surface area contributed by atoms with E-state index in [0.717, 1.165) is 23.7 Å². The lowest BCUT2D eigenvalue weighted by molar-refractivity contribution is -0.385. The molecule has 1 heterocycles. The van der Waals surface area contributed by atoms with Crippen LogP contribution in [0.5, 0.6) is 5.75 Å². The van der Waals surface area contributed by atoms with Crippen molar-refractivity contribution in [2.24, 2.45) is 28.8 Å². The lowest BCUT2D eigenvalue weighted by Gasteiger charge is -2.13. The molecule has 2 aliphatic carbocycles. The second kappa shape index (κ2) is 8.34. The first-order valence-electron chi connectivity index (χ1n) is 10.1. The number of hydrogen-bond acceptors (Lipinski definition) is 8. The van der Waals surface area contributed by atoms with Crippen molar-refractivity contribution in [2.45, 2.75) is 26.4 Å². The Morgan fingerprint density at radius 3 is 2.47 bits per heavy atom. The largest absolute Gasteiger partial charge is 0.474 e. The average Bonchev–Trinajstić information content (AvgIpc) is 3.39. The summed E-state index contributed by atoms with van der Waals surface area (Å²) >= 11 is 6.01. The zero-order chi connectivity index (χ0) is 23.2. The highest BCUT2D eigenvalue weighted by atomic mass is 35.5. The molecule has 1 aliphatic heterocycles. The van der Waals surface area contributed by atoms with E-state index in [1.54, 1.807) is 13.8 Å². The Bertz CT molecular complexity index is 1040. The molecule has 3 aliphatic rings. The fourth-order valence-electron chi connectivity index (χ4n) is 4.54. The van der Waals surface area contributed by atoms with Gasteiger partial charge in [0.25, 0.3) is 11.8 Å². The Morgan fingerprint density at radius 1 is 1.28 bits per heavy atom. The van der Waals surface area contributed by atoms with Crippen molar-refractivity contribution in [3.8, 4) is 5.75 Å². The quantitative estimate of drug-likeness (QED) is 0.152. The minimum absolute atomic E-state index is 0.0217. The normalized spacial score (nSPS) is 25.8. The summed E-state index contributed by atoms with van der Waals surface area (Å²) in [4.78, 5) is 48.2. The molecule has 168 valence electrons. The summed E-state index contributed by atoms with van der Waals surface area (Å²) in [6.45, 7) is 2.73. The van der Waals surface area contributed by atoms with Gasteiger partial charge in [-0.15, -0.1) is 0 Å². The first-order valence-corrected chi connectivity index (χ1v) is 10.5. The number of benzene rings is 1. The van der Waals surface area contributed by atoms with Gasteiger partial charge in [0.2, 0.25) is 5.75 Å². The number of nitro benzene ring substituents is 1. The maximum Gasteiger partial charge on any atom is 0.344 e. The van der Waals surface area contributed by atoms with E-state index in [1.807, 2.05) is 12.2 Å². The minimum atomic E-state index is -0.716. The number of allylic oxidation sites excluding steroid dienone is 2. The summed E-state index contributed by atoms with van der Waals surface area (Å²) in [5.74, 6) is -2.58. The number of hydrazone groups is 1. The fraction of sp³-hybridized carbons (Fsp3) is 0.429. The summed E-state index contributed by atoms with van der Waals surface area (Å²) in [5, 5.41) is 16.4. The van der Waals surface area contributed by atoms with Gasteiger partial charge in [-0.05, 0) is 38.2 Å². The van der Waals surface area contributed by atoms with Crippen LogP contribution in [0.1, 0.15) is 25.8 Å². The number of imide groups is 1. The Balaban J connectivity index is 1.61. The van der Waals surface area contributed by atoms with Gasteiger partial charge >= 0.3 is 11.7 Å². The number of hydrogen-bond donors (Lipinski definition) is 0. The SMILES string of the molecule is CC(C)OC(=O)COc1c(C=NN2C(=O)C3C4C=CC(C4)C3C2=O)cc(Cl)cc1[N+](=O)[O-]. The van der Waals surface area contributed by atoms with Crippen LogP contribution >= 0.6 is 11.6 Å². The number of amides is 2. The van der Waals surface area contributed by atoms with Crippen molar-refractivity contribution in [3.63, 3.8) is 0 Å². The predicted octanol–water partition coefficient (Wildman–Crippen LogP) is 2.72. The average molecular weight is 462 g/mol. The number of rotatable bonds is 7. The Labute approximate surface area is 187 Å². The highest BCUT2D eigenvalue weighted by Gasteiger charge is 2.59. The lowest BCUT2D eigenvalue weighted by atomic mass is 9.85. The van der Waals surface area contributed by atoms with Crippen LogP contribution in [0.25, 0.3) is 0 Å². The monoisotopic (exact) mass is 461 g/mol. The number of ether oxygens (including phenoxy) is 2. The minimum Gasteiger partial charge on any atom is -0.474 e. The van der Waals surface area contributed by atoms with Crippen molar-refractivity contribution >= 4 is 41.3 Å². The molecule has 0 spiro atoms. The standard InChI is InChI=1S/C21H20ClN3O7/c1-10(2)32-16(26)9-31-19-13(6-14(22)7-15(19)25(29)30)8-23-24-20(27)17-11-3-4-12(5-11)18(17)21(24)28/h3-4,6-8,10-12,17-18H,5,9H2,1-2H3. The molecular weight excluding hydrogens is 442 g/mol. The van der Waals surface area contributed by atoms with Crippen LogP contribution in [0.2, 0.25) is 5.02 Å². The second-order valence-corrected chi connectivity index (χ2v) is 8.60. The molecule has 4 unspecified atom stereocenters. The third-order valence-electron chi connectivity index (χ3n) is 5.72. The number of halogens is 1. The number of carbonyl (C=O) groups excluding carboxylic acids is 3. The summed E-state index contributed by atoms with van der Waals surface area (Å²) in [5.41, 5.74) is -0.449. The first-order chi connectivity index (χ1) is 15.2. The van der Waals surface area contributed by atoms with E-state index in [2.05, 4.69) is 5.10 Å². The van der Waals surface area contributed by atoms with E-state index < -0.39 is 46.8 Å². The van der Waals surface area contributed by atoms with Crippen LogP contribution < -0.4 is 4.74 Å². The molecule has 10 nitrogen and oxygen atoms in total. The topological polar surface area (TPSA) is 128 Å². The maximum atomic E-state index is 12.8. The van der Waals surface area contributed by atoms with Crippen LogP contribution in [-0.4, -0.2) is 46.6 Å². The predicted molar refractivity (Wildman–Crippen MR) is 112 cm³/mol. The van der Waals surface area contributed by atoms with Gasteiger partial charge in [-0.3, -0.25) is 19.7 Å². The smallest absolute Gasteiger partial charge is 0.344 e. The summed E-state index contributed by atoms with van der Waals surface area (Å²) in [6.07, 6.45) is 5.44.